The summed E-state index contributed by atoms with van der Waals surface area (Å²) in [6, 6.07) is 6.09. The molecule has 0 fully saturated rings. The van der Waals surface area contributed by atoms with Crippen molar-refractivity contribution in [3.63, 3.8) is 0 Å². The first-order valence-corrected chi connectivity index (χ1v) is 6.18. The summed E-state index contributed by atoms with van der Waals surface area (Å²) in [4.78, 5) is 0. The molecule has 15 heavy (non-hydrogen) atoms. The first-order chi connectivity index (χ1) is 7.02. The second-order valence-electron chi connectivity index (χ2n) is 3.97. The molecule has 1 atom stereocenters. The Labute approximate surface area is 105 Å². The first kappa shape index (κ1) is 12.8. The summed E-state index contributed by atoms with van der Waals surface area (Å²) in [6.07, 6.45) is 0.181. The van der Waals surface area contributed by atoms with Crippen molar-refractivity contribution < 1.29 is 9.84 Å². The molecule has 2 nitrogen and oxygen atoms in total. The Morgan fingerprint density at radius 2 is 1.93 bits per heavy atom. The van der Waals surface area contributed by atoms with Gasteiger partial charge in [-0.15, -0.1) is 0 Å². The third-order valence-corrected chi connectivity index (χ3v) is 2.73. The van der Waals surface area contributed by atoms with Crippen LogP contribution in [0.15, 0.2) is 18.2 Å². The van der Waals surface area contributed by atoms with Crippen LogP contribution in [-0.2, 0) is 0 Å². The van der Waals surface area contributed by atoms with Crippen LogP contribution >= 0.6 is 22.6 Å². The van der Waals surface area contributed by atoms with Crippen LogP contribution in [-0.4, -0.2) is 17.8 Å². The lowest BCUT2D eigenvalue weighted by Gasteiger charge is -2.14. The molecule has 0 aliphatic carbocycles. The smallest absolute Gasteiger partial charge is 0.121 e. The zero-order chi connectivity index (χ0) is 11.4. The van der Waals surface area contributed by atoms with E-state index < -0.39 is 0 Å². The minimum Gasteiger partial charge on any atom is -0.491 e. The fourth-order valence-electron chi connectivity index (χ4n) is 1.31. The van der Waals surface area contributed by atoms with Crippen LogP contribution in [0.1, 0.15) is 32.3 Å². The van der Waals surface area contributed by atoms with E-state index >= 15 is 0 Å². The number of halogens is 1. The van der Waals surface area contributed by atoms with Crippen LogP contribution < -0.4 is 4.74 Å². The Morgan fingerprint density at radius 3 is 2.47 bits per heavy atom. The van der Waals surface area contributed by atoms with E-state index in [0.717, 1.165) is 14.9 Å². The molecule has 0 radical (unpaired) electrons. The Kier molecular flexibility index (Phi) is 4.86. The molecule has 0 aliphatic heterocycles. The molecule has 0 saturated heterocycles. The summed E-state index contributed by atoms with van der Waals surface area (Å²) in [6.45, 7) is 6.19. The van der Waals surface area contributed by atoms with Gasteiger partial charge in [0.15, 0.2) is 0 Å². The molecule has 0 amide bonds. The second kappa shape index (κ2) is 5.70. The van der Waals surface area contributed by atoms with Gasteiger partial charge in [0, 0.05) is 16.1 Å². The molecule has 84 valence electrons. The van der Waals surface area contributed by atoms with Crippen molar-refractivity contribution in [2.75, 3.05) is 6.61 Å². The van der Waals surface area contributed by atoms with Gasteiger partial charge in [0.1, 0.15) is 5.75 Å². The predicted octanol–water partition coefficient (Wildman–Crippen LogP) is 3.17. The van der Waals surface area contributed by atoms with Crippen LogP contribution in [0.4, 0.5) is 0 Å². The highest BCUT2D eigenvalue weighted by Crippen LogP contribution is 2.24. The third kappa shape index (κ3) is 3.99. The standard InChI is InChI=1S/C12H17IO2/c1-8(2)15-12-5-10(9(3)7-14)4-11(13)6-12/h4-6,8-9,14H,7H2,1-3H3. The van der Waals surface area contributed by atoms with Crippen LogP contribution in [0.3, 0.4) is 0 Å². The molecule has 1 aromatic rings. The highest BCUT2D eigenvalue weighted by molar-refractivity contribution is 14.1. The molecular formula is C12H17IO2. The first-order valence-electron chi connectivity index (χ1n) is 5.11. The molecule has 0 saturated carbocycles. The predicted molar refractivity (Wildman–Crippen MR) is 70.4 cm³/mol. The number of aliphatic hydroxyl groups is 1. The monoisotopic (exact) mass is 320 g/mol. The van der Waals surface area contributed by atoms with Crippen LogP contribution in [0.2, 0.25) is 0 Å². The van der Waals surface area contributed by atoms with Gasteiger partial charge in [-0.05, 0) is 60.2 Å². The quantitative estimate of drug-likeness (QED) is 0.864. The molecule has 1 aromatic carbocycles. The maximum absolute atomic E-state index is 9.11. The van der Waals surface area contributed by atoms with Crippen LogP contribution in [0.25, 0.3) is 0 Å². The number of benzene rings is 1. The van der Waals surface area contributed by atoms with Crippen molar-refractivity contribution in [1.82, 2.24) is 0 Å². The summed E-state index contributed by atoms with van der Waals surface area (Å²) < 4.78 is 6.78. The lowest BCUT2D eigenvalue weighted by molar-refractivity contribution is 0.241. The lowest BCUT2D eigenvalue weighted by Crippen LogP contribution is -2.07. The van der Waals surface area contributed by atoms with Gasteiger partial charge in [-0.1, -0.05) is 6.92 Å². The van der Waals surface area contributed by atoms with Gasteiger partial charge in [0.05, 0.1) is 6.10 Å². The van der Waals surface area contributed by atoms with Crippen molar-refractivity contribution in [3.05, 3.63) is 27.3 Å². The molecule has 3 heteroatoms. The van der Waals surface area contributed by atoms with Gasteiger partial charge in [0.2, 0.25) is 0 Å². The average molecular weight is 320 g/mol. The molecular weight excluding hydrogens is 303 g/mol. The topological polar surface area (TPSA) is 29.5 Å². The van der Waals surface area contributed by atoms with Crippen LogP contribution in [0.5, 0.6) is 5.75 Å². The Balaban J connectivity index is 2.94. The molecule has 1 N–H and O–H groups in total. The lowest BCUT2D eigenvalue weighted by atomic mass is 10.0. The molecule has 0 aromatic heterocycles. The van der Waals surface area contributed by atoms with Crippen LogP contribution in [0, 0.1) is 3.57 Å². The van der Waals surface area contributed by atoms with Gasteiger partial charge in [-0.3, -0.25) is 0 Å². The Bertz CT molecular complexity index is 323. The summed E-state index contributed by atoms with van der Waals surface area (Å²) in [7, 11) is 0. The van der Waals surface area contributed by atoms with Gasteiger partial charge < -0.3 is 9.84 Å². The number of aliphatic hydroxyl groups excluding tert-OH is 1. The number of hydrogen-bond acceptors (Lipinski definition) is 2. The normalized spacial score (nSPS) is 12.9. The van der Waals surface area contributed by atoms with E-state index in [9.17, 15) is 0 Å². The highest BCUT2D eigenvalue weighted by atomic mass is 127. The van der Waals surface area contributed by atoms with Crippen molar-refractivity contribution in [2.24, 2.45) is 0 Å². The molecule has 1 unspecified atom stereocenters. The van der Waals surface area contributed by atoms with E-state index in [-0.39, 0.29) is 18.6 Å². The van der Waals surface area contributed by atoms with Crippen molar-refractivity contribution in [1.29, 1.82) is 0 Å². The number of hydrogen-bond donors (Lipinski definition) is 1. The molecule has 0 bridgehead atoms. The summed E-state index contributed by atoms with van der Waals surface area (Å²) in [5.41, 5.74) is 1.13. The summed E-state index contributed by atoms with van der Waals surface area (Å²) >= 11 is 2.27. The van der Waals surface area contributed by atoms with E-state index in [0.29, 0.717) is 0 Å². The molecule has 1 rings (SSSR count). The highest BCUT2D eigenvalue weighted by Gasteiger charge is 2.08. The van der Waals surface area contributed by atoms with E-state index in [1.165, 1.54) is 0 Å². The summed E-state index contributed by atoms with van der Waals surface area (Å²) in [5, 5.41) is 9.11. The minimum absolute atomic E-state index is 0.161. The maximum Gasteiger partial charge on any atom is 0.121 e. The maximum atomic E-state index is 9.11. The van der Waals surface area contributed by atoms with Gasteiger partial charge in [-0.25, -0.2) is 0 Å². The zero-order valence-electron chi connectivity index (χ0n) is 9.33. The molecule has 0 spiro atoms. The zero-order valence-corrected chi connectivity index (χ0v) is 11.5. The molecule has 0 aliphatic rings. The fourth-order valence-corrected chi connectivity index (χ4v) is 1.98. The largest absolute Gasteiger partial charge is 0.491 e. The van der Waals surface area contributed by atoms with E-state index in [2.05, 4.69) is 28.7 Å². The fraction of sp³-hybridized carbons (Fsp3) is 0.500. The van der Waals surface area contributed by atoms with Gasteiger partial charge in [0.25, 0.3) is 0 Å². The second-order valence-corrected chi connectivity index (χ2v) is 5.22. The Morgan fingerprint density at radius 1 is 1.27 bits per heavy atom. The molecule has 0 heterocycles. The van der Waals surface area contributed by atoms with Crippen molar-refractivity contribution in [3.8, 4) is 5.75 Å². The van der Waals surface area contributed by atoms with E-state index in [1.807, 2.05) is 32.9 Å². The SMILES string of the molecule is CC(C)Oc1cc(I)cc(C(C)CO)c1. The van der Waals surface area contributed by atoms with Crippen molar-refractivity contribution >= 4 is 22.6 Å². The number of rotatable bonds is 4. The van der Waals surface area contributed by atoms with E-state index in [4.69, 9.17) is 9.84 Å². The van der Waals surface area contributed by atoms with E-state index in [1.54, 1.807) is 0 Å². The third-order valence-electron chi connectivity index (χ3n) is 2.11. The summed E-state index contributed by atoms with van der Waals surface area (Å²) in [5.74, 6) is 1.04. The minimum atomic E-state index is 0.161. The van der Waals surface area contributed by atoms with Gasteiger partial charge in [-0.2, -0.15) is 0 Å². The number of ether oxygens (including phenoxy) is 1. The van der Waals surface area contributed by atoms with Gasteiger partial charge >= 0.3 is 0 Å². The Hall–Kier alpha value is -0.290. The van der Waals surface area contributed by atoms with Crippen molar-refractivity contribution in [2.45, 2.75) is 32.8 Å². The average Bonchev–Trinajstić information content (AvgIpc) is 2.14.